The molecule has 116 valence electrons. The zero-order chi connectivity index (χ0) is 15.4. The molecule has 0 aromatic heterocycles. The van der Waals surface area contributed by atoms with E-state index in [1.165, 1.54) is 12.1 Å². The van der Waals surface area contributed by atoms with Gasteiger partial charge in [0.05, 0.1) is 17.2 Å². The molecule has 0 saturated carbocycles. The summed E-state index contributed by atoms with van der Waals surface area (Å²) in [4.78, 5) is 13.4. The van der Waals surface area contributed by atoms with E-state index in [1.54, 1.807) is 6.07 Å². The van der Waals surface area contributed by atoms with Crippen LogP contribution in [-0.2, 0) is 4.74 Å². The normalized spacial score (nSPS) is 19.7. The molecule has 1 atom stereocenters. The molecule has 0 aliphatic carbocycles. The van der Waals surface area contributed by atoms with Gasteiger partial charge in [-0.3, -0.25) is 4.90 Å². The average molecular weight is 314 g/mol. The molecule has 0 bridgehead atoms. The van der Waals surface area contributed by atoms with Crippen LogP contribution in [0.2, 0.25) is 5.02 Å². The van der Waals surface area contributed by atoms with Crippen LogP contribution in [0.5, 0.6) is 5.75 Å². The summed E-state index contributed by atoms with van der Waals surface area (Å²) in [6.07, 6.45) is -0.00916. The first-order chi connectivity index (χ1) is 9.97. The van der Waals surface area contributed by atoms with Crippen molar-refractivity contribution in [2.24, 2.45) is 0 Å². The highest BCUT2D eigenvalue weighted by atomic mass is 35.5. The fraction of sp³-hybridized carbons (Fsp3) is 0.533. The largest absolute Gasteiger partial charge is 0.491 e. The minimum atomic E-state index is -1.06. The van der Waals surface area contributed by atoms with E-state index in [1.807, 2.05) is 0 Å². The summed E-state index contributed by atoms with van der Waals surface area (Å²) in [5.41, 5.74) is 0.0440. The molecule has 21 heavy (non-hydrogen) atoms. The minimum Gasteiger partial charge on any atom is -0.491 e. The van der Waals surface area contributed by atoms with Crippen LogP contribution >= 0.6 is 11.6 Å². The van der Waals surface area contributed by atoms with E-state index in [4.69, 9.17) is 26.2 Å². The Hall–Kier alpha value is -1.30. The van der Waals surface area contributed by atoms with Gasteiger partial charge < -0.3 is 14.6 Å². The lowest BCUT2D eigenvalue weighted by Gasteiger charge is -2.35. The van der Waals surface area contributed by atoms with Crippen molar-refractivity contribution in [1.82, 2.24) is 4.90 Å². The summed E-state index contributed by atoms with van der Waals surface area (Å²) >= 11 is 5.83. The van der Waals surface area contributed by atoms with Crippen LogP contribution in [0.1, 0.15) is 24.2 Å². The van der Waals surface area contributed by atoms with E-state index in [9.17, 15) is 4.79 Å². The number of rotatable bonds is 5. The van der Waals surface area contributed by atoms with Gasteiger partial charge in [-0.2, -0.15) is 0 Å². The molecule has 1 fully saturated rings. The first-order valence-electron chi connectivity index (χ1n) is 6.98. The Balaban J connectivity index is 1.94. The van der Waals surface area contributed by atoms with Crippen LogP contribution < -0.4 is 4.74 Å². The van der Waals surface area contributed by atoms with Crippen molar-refractivity contribution in [3.8, 4) is 5.75 Å². The van der Waals surface area contributed by atoms with Crippen molar-refractivity contribution in [1.29, 1.82) is 0 Å². The summed E-state index contributed by atoms with van der Waals surface area (Å²) in [6.45, 7) is 7.13. The number of carboxylic acids is 1. The Labute approximate surface area is 129 Å². The number of ether oxygens (including phenoxy) is 2. The van der Waals surface area contributed by atoms with Crippen LogP contribution in [0.3, 0.4) is 0 Å². The van der Waals surface area contributed by atoms with Crippen molar-refractivity contribution in [2.75, 3.05) is 26.3 Å². The zero-order valence-electron chi connectivity index (χ0n) is 12.2. The molecule has 0 spiro atoms. The maximum atomic E-state index is 11.0. The quantitative estimate of drug-likeness (QED) is 0.905. The lowest BCUT2D eigenvalue weighted by atomic mass is 10.2. The molecule has 6 heteroatoms. The second kappa shape index (κ2) is 7.11. The molecular formula is C15H20ClNO4. The number of hydrogen-bond donors (Lipinski definition) is 1. The third-order valence-electron chi connectivity index (χ3n) is 3.50. The van der Waals surface area contributed by atoms with Crippen LogP contribution in [0, 0.1) is 0 Å². The van der Waals surface area contributed by atoms with Crippen LogP contribution in [-0.4, -0.2) is 54.4 Å². The Morgan fingerprint density at radius 2 is 2.33 bits per heavy atom. The highest BCUT2D eigenvalue weighted by molar-refractivity contribution is 6.33. The Morgan fingerprint density at radius 3 is 3.00 bits per heavy atom. The van der Waals surface area contributed by atoms with Crippen molar-refractivity contribution >= 4 is 17.6 Å². The van der Waals surface area contributed by atoms with Gasteiger partial charge in [0.2, 0.25) is 0 Å². The third kappa shape index (κ3) is 4.33. The second-order valence-electron chi connectivity index (χ2n) is 5.34. The highest BCUT2D eigenvalue weighted by Gasteiger charge is 2.22. The Kier molecular flexibility index (Phi) is 5.45. The van der Waals surface area contributed by atoms with Crippen molar-refractivity contribution < 1.29 is 19.4 Å². The van der Waals surface area contributed by atoms with Crippen LogP contribution in [0.25, 0.3) is 0 Å². The summed E-state index contributed by atoms with van der Waals surface area (Å²) in [5, 5.41) is 9.23. The minimum absolute atomic E-state index is 0.00916. The lowest BCUT2D eigenvalue weighted by Crippen LogP contribution is -2.47. The van der Waals surface area contributed by atoms with E-state index in [-0.39, 0.29) is 16.7 Å². The van der Waals surface area contributed by atoms with Crippen LogP contribution in [0.4, 0.5) is 0 Å². The molecule has 1 aliphatic rings. The molecular weight excluding hydrogens is 294 g/mol. The van der Waals surface area contributed by atoms with Crippen molar-refractivity contribution in [3.05, 3.63) is 28.8 Å². The number of halogens is 1. The monoisotopic (exact) mass is 313 g/mol. The van der Waals surface area contributed by atoms with E-state index >= 15 is 0 Å². The van der Waals surface area contributed by atoms with Gasteiger partial charge >= 0.3 is 5.97 Å². The molecule has 0 amide bonds. The van der Waals surface area contributed by atoms with Gasteiger partial charge in [-0.05, 0) is 32.0 Å². The topological polar surface area (TPSA) is 59.0 Å². The smallest absolute Gasteiger partial charge is 0.337 e. The number of benzene rings is 1. The summed E-state index contributed by atoms with van der Waals surface area (Å²) in [5.74, 6) is -0.576. The number of carbonyl (C=O) groups is 1. The number of morpholine rings is 1. The second-order valence-corrected chi connectivity index (χ2v) is 5.75. The lowest BCUT2D eigenvalue weighted by molar-refractivity contribution is -0.0564. The third-order valence-corrected chi connectivity index (χ3v) is 3.83. The number of aromatic carboxylic acids is 1. The maximum absolute atomic E-state index is 11.0. The molecule has 1 aromatic carbocycles. The molecule has 1 saturated heterocycles. The van der Waals surface area contributed by atoms with Gasteiger partial charge in [-0.15, -0.1) is 0 Å². The summed E-state index contributed by atoms with van der Waals surface area (Å²) < 4.78 is 11.3. The van der Waals surface area contributed by atoms with Gasteiger partial charge in [0.15, 0.2) is 0 Å². The van der Waals surface area contributed by atoms with Crippen molar-refractivity contribution in [2.45, 2.75) is 26.0 Å². The fourth-order valence-electron chi connectivity index (χ4n) is 2.26. The van der Waals surface area contributed by atoms with Gasteiger partial charge in [-0.1, -0.05) is 11.6 Å². The standard InChI is InChI=1S/C15H20ClNO4/c1-10(2)17-5-6-20-12(8-17)9-21-11-3-4-14(16)13(7-11)15(18)19/h3-4,7,10,12H,5-6,8-9H2,1-2H3,(H,18,19). The van der Waals surface area contributed by atoms with Gasteiger partial charge in [0.1, 0.15) is 18.5 Å². The fourth-order valence-corrected chi connectivity index (χ4v) is 2.46. The Bertz CT molecular complexity index is 506. The van der Waals surface area contributed by atoms with Gasteiger partial charge in [0, 0.05) is 19.1 Å². The van der Waals surface area contributed by atoms with E-state index in [0.717, 1.165) is 13.1 Å². The maximum Gasteiger partial charge on any atom is 0.337 e. The molecule has 0 radical (unpaired) electrons. The SMILES string of the molecule is CC(C)N1CCOC(COc2ccc(Cl)c(C(=O)O)c2)C1. The first-order valence-corrected chi connectivity index (χ1v) is 7.36. The van der Waals surface area contributed by atoms with E-state index in [0.29, 0.717) is 25.0 Å². The van der Waals surface area contributed by atoms with Crippen LogP contribution in [0.15, 0.2) is 18.2 Å². The van der Waals surface area contributed by atoms with E-state index < -0.39 is 5.97 Å². The molecule has 1 aromatic rings. The van der Waals surface area contributed by atoms with E-state index in [2.05, 4.69) is 18.7 Å². The number of carboxylic acid groups (broad SMARTS) is 1. The zero-order valence-corrected chi connectivity index (χ0v) is 13.0. The molecule has 1 N–H and O–H groups in total. The molecule has 1 aliphatic heterocycles. The van der Waals surface area contributed by atoms with Gasteiger partial charge in [0.25, 0.3) is 0 Å². The molecule has 2 rings (SSSR count). The molecule has 1 unspecified atom stereocenters. The van der Waals surface area contributed by atoms with Gasteiger partial charge in [-0.25, -0.2) is 4.79 Å². The predicted molar refractivity (Wildman–Crippen MR) is 80.4 cm³/mol. The number of hydrogen-bond acceptors (Lipinski definition) is 4. The Morgan fingerprint density at radius 1 is 1.57 bits per heavy atom. The average Bonchev–Trinajstić information content (AvgIpc) is 2.46. The summed E-state index contributed by atoms with van der Waals surface area (Å²) in [6, 6.07) is 5.11. The number of nitrogens with zero attached hydrogens (tertiary/aromatic N) is 1. The molecule has 1 heterocycles. The van der Waals surface area contributed by atoms with Crippen molar-refractivity contribution in [3.63, 3.8) is 0 Å². The highest BCUT2D eigenvalue weighted by Crippen LogP contribution is 2.22. The summed E-state index contributed by atoms with van der Waals surface area (Å²) in [7, 11) is 0. The first kappa shape index (κ1) is 16.1. The molecule has 5 nitrogen and oxygen atoms in total. The predicted octanol–water partition coefficient (Wildman–Crippen LogP) is 2.53.